The molecule has 0 fully saturated rings. The molecule has 152 valence electrons. The van der Waals surface area contributed by atoms with Gasteiger partial charge in [-0.15, -0.1) is 6.42 Å². The molecule has 0 unspecified atom stereocenters. The fourth-order valence-corrected chi connectivity index (χ4v) is 2.86. The number of H-pyrrole nitrogens is 1. The molecule has 0 aliphatic carbocycles. The van der Waals surface area contributed by atoms with E-state index in [2.05, 4.69) is 10.3 Å². The zero-order valence-corrected chi connectivity index (χ0v) is 16.3. The molecular weight excluding hydrogens is 389 g/mol. The van der Waals surface area contributed by atoms with Crippen molar-refractivity contribution in [1.82, 2.24) is 9.55 Å². The number of carbonyl (C=O) groups excluding carboxylic acids is 1. The number of aromatic nitrogens is 2. The molecule has 0 atom stereocenters. The lowest BCUT2D eigenvalue weighted by Gasteiger charge is -2.14. The van der Waals surface area contributed by atoms with Crippen molar-refractivity contribution in [2.24, 2.45) is 7.05 Å². The van der Waals surface area contributed by atoms with Crippen molar-refractivity contribution in [2.45, 2.75) is 13.3 Å². The Morgan fingerprint density at radius 3 is 2.60 bits per heavy atom. The van der Waals surface area contributed by atoms with Gasteiger partial charge in [0.25, 0.3) is 17.0 Å². The van der Waals surface area contributed by atoms with E-state index >= 15 is 0 Å². The van der Waals surface area contributed by atoms with Gasteiger partial charge in [-0.2, -0.15) is 0 Å². The van der Waals surface area contributed by atoms with Gasteiger partial charge in [-0.25, -0.2) is 4.39 Å². The summed E-state index contributed by atoms with van der Waals surface area (Å²) in [5.41, 5.74) is 0.664. The lowest BCUT2D eigenvalue weighted by molar-refractivity contribution is -0.111. The number of aryl methyl sites for hydroxylation is 2. The molecule has 7 nitrogen and oxygen atoms in total. The number of anilines is 1. The van der Waals surface area contributed by atoms with E-state index in [1.54, 1.807) is 19.3 Å². The van der Waals surface area contributed by atoms with Crippen molar-refractivity contribution in [2.75, 3.05) is 5.32 Å². The SMILES string of the molecule is C#CC(=O)Nc1cc(-c2cc(CC)c(=O)n(C)c2)c(Oc2ccc(F)cc2)[nH]c1=O. The number of nitrogens with one attached hydrogen (secondary N) is 2. The predicted molar refractivity (Wildman–Crippen MR) is 111 cm³/mol. The van der Waals surface area contributed by atoms with Crippen molar-refractivity contribution in [3.8, 4) is 35.1 Å². The highest BCUT2D eigenvalue weighted by molar-refractivity contribution is 6.03. The van der Waals surface area contributed by atoms with Crippen LogP contribution in [0.3, 0.4) is 0 Å². The number of benzene rings is 1. The van der Waals surface area contributed by atoms with Crippen LogP contribution in [0.25, 0.3) is 11.1 Å². The molecule has 2 heterocycles. The third-order valence-corrected chi connectivity index (χ3v) is 4.37. The molecule has 0 aliphatic heterocycles. The quantitative estimate of drug-likeness (QED) is 0.636. The Balaban J connectivity index is 2.20. The Morgan fingerprint density at radius 2 is 1.97 bits per heavy atom. The molecule has 0 bridgehead atoms. The number of rotatable bonds is 5. The van der Waals surface area contributed by atoms with Gasteiger partial charge in [0.15, 0.2) is 0 Å². The number of terminal acetylenes is 1. The van der Waals surface area contributed by atoms with Crippen LogP contribution in [0, 0.1) is 18.2 Å². The fraction of sp³-hybridized carbons (Fsp3) is 0.136. The molecule has 0 radical (unpaired) electrons. The molecule has 2 N–H and O–H groups in total. The van der Waals surface area contributed by atoms with Gasteiger partial charge in [0.05, 0.1) is 0 Å². The standard InChI is InChI=1S/C22H18FN3O4/c1-4-13-10-14(12-26(3)22(13)29)17-11-18(24-19(27)5-2)20(28)25-21(17)30-16-8-6-15(23)7-9-16/h2,6-12H,4H2,1,3H3,(H,24,27)(H,25,28). The minimum atomic E-state index is -0.784. The Bertz CT molecular complexity index is 1270. The van der Waals surface area contributed by atoms with Crippen LogP contribution in [0.1, 0.15) is 12.5 Å². The molecule has 1 aromatic carbocycles. The van der Waals surface area contributed by atoms with Crippen LogP contribution in [0.4, 0.5) is 10.1 Å². The van der Waals surface area contributed by atoms with Gasteiger partial charge >= 0.3 is 0 Å². The first-order valence-electron chi connectivity index (χ1n) is 9.00. The number of nitrogens with zero attached hydrogens (tertiary/aromatic N) is 1. The van der Waals surface area contributed by atoms with Crippen molar-refractivity contribution in [3.05, 3.63) is 74.7 Å². The summed E-state index contributed by atoms with van der Waals surface area (Å²) < 4.78 is 20.4. The van der Waals surface area contributed by atoms with Crippen molar-refractivity contribution >= 4 is 11.6 Å². The number of hydrogen-bond acceptors (Lipinski definition) is 4. The average Bonchev–Trinajstić information content (AvgIpc) is 2.73. The van der Waals surface area contributed by atoms with E-state index in [0.717, 1.165) is 0 Å². The number of amides is 1. The first-order chi connectivity index (χ1) is 14.3. The summed E-state index contributed by atoms with van der Waals surface area (Å²) >= 11 is 0. The summed E-state index contributed by atoms with van der Waals surface area (Å²) in [4.78, 5) is 38.8. The van der Waals surface area contributed by atoms with Gasteiger partial charge < -0.3 is 14.6 Å². The van der Waals surface area contributed by atoms with E-state index < -0.39 is 17.3 Å². The second-order valence-electron chi connectivity index (χ2n) is 6.43. The second-order valence-corrected chi connectivity index (χ2v) is 6.43. The number of ether oxygens (including phenoxy) is 1. The molecule has 0 spiro atoms. The molecule has 2 aromatic heterocycles. The van der Waals surface area contributed by atoms with Crippen molar-refractivity contribution in [3.63, 3.8) is 0 Å². The monoisotopic (exact) mass is 407 g/mol. The van der Waals surface area contributed by atoms with Crippen molar-refractivity contribution in [1.29, 1.82) is 0 Å². The zero-order chi connectivity index (χ0) is 21.8. The third-order valence-electron chi connectivity index (χ3n) is 4.37. The maximum atomic E-state index is 13.2. The smallest absolute Gasteiger partial charge is 0.300 e. The van der Waals surface area contributed by atoms with E-state index in [1.165, 1.54) is 34.9 Å². The molecule has 0 aliphatic rings. The minimum absolute atomic E-state index is 0.0611. The molecule has 30 heavy (non-hydrogen) atoms. The first-order valence-corrected chi connectivity index (χ1v) is 9.00. The predicted octanol–water partition coefficient (Wildman–Crippen LogP) is 2.81. The van der Waals surface area contributed by atoms with Gasteiger partial charge in [0, 0.05) is 29.9 Å². The number of pyridine rings is 2. The summed E-state index contributed by atoms with van der Waals surface area (Å²) in [5.74, 6) is 1.01. The van der Waals surface area contributed by atoms with Gasteiger partial charge in [-0.1, -0.05) is 6.92 Å². The van der Waals surface area contributed by atoms with E-state index in [4.69, 9.17) is 11.2 Å². The normalized spacial score (nSPS) is 10.3. The van der Waals surface area contributed by atoms with Crippen LogP contribution in [0.5, 0.6) is 11.6 Å². The number of aromatic amines is 1. The topological polar surface area (TPSA) is 93.2 Å². The molecular formula is C22H18FN3O4. The lowest BCUT2D eigenvalue weighted by Crippen LogP contribution is -2.21. The van der Waals surface area contributed by atoms with Crippen LogP contribution in [-0.2, 0) is 18.3 Å². The largest absolute Gasteiger partial charge is 0.440 e. The zero-order valence-electron chi connectivity index (χ0n) is 16.3. The molecule has 8 heteroatoms. The number of carbonyl (C=O) groups is 1. The highest BCUT2D eigenvalue weighted by atomic mass is 19.1. The minimum Gasteiger partial charge on any atom is -0.440 e. The maximum absolute atomic E-state index is 13.2. The van der Waals surface area contributed by atoms with Crippen LogP contribution in [0.15, 0.2) is 52.2 Å². The number of halogens is 1. The van der Waals surface area contributed by atoms with Gasteiger partial charge in [-0.3, -0.25) is 19.4 Å². The first kappa shape index (κ1) is 20.6. The fourth-order valence-electron chi connectivity index (χ4n) is 2.86. The van der Waals surface area contributed by atoms with Gasteiger partial charge in [0.2, 0.25) is 5.88 Å². The summed E-state index contributed by atoms with van der Waals surface area (Å²) in [6.45, 7) is 1.85. The van der Waals surface area contributed by atoms with Crippen LogP contribution >= 0.6 is 0 Å². The van der Waals surface area contributed by atoms with Crippen LogP contribution < -0.4 is 21.2 Å². The van der Waals surface area contributed by atoms with Crippen molar-refractivity contribution < 1.29 is 13.9 Å². The lowest BCUT2D eigenvalue weighted by atomic mass is 10.1. The van der Waals surface area contributed by atoms with E-state index in [0.29, 0.717) is 23.1 Å². The molecule has 1 amide bonds. The average molecular weight is 407 g/mol. The summed E-state index contributed by atoms with van der Waals surface area (Å²) in [6, 6.07) is 8.34. The molecule has 0 saturated carbocycles. The molecule has 3 rings (SSSR count). The van der Waals surface area contributed by atoms with E-state index in [1.807, 2.05) is 12.8 Å². The highest BCUT2D eigenvalue weighted by Crippen LogP contribution is 2.32. The van der Waals surface area contributed by atoms with E-state index in [-0.39, 0.29) is 22.9 Å². The number of hydrogen-bond donors (Lipinski definition) is 2. The van der Waals surface area contributed by atoms with Crippen LogP contribution in [0.2, 0.25) is 0 Å². The third kappa shape index (κ3) is 4.31. The Kier molecular flexibility index (Phi) is 5.83. The van der Waals surface area contributed by atoms with Crippen LogP contribution in [-0.4, -0.2) is 15.5 Å². The highest BCUT2D eigenvalue weighted by Gasteiger charge is 2.16. The molecule has 3 aromatic rings. The maximum Gasteiger partial charge on any atom is 0.300 e. The Morgan fingerprint density at radius 1 is 1.27 bits per heavy atom. The summed E-state index contributed by atoms with van der Waals surface area (Å²) in [7, 11) is 1.61. The van der Waals surface area contributed by atoms with E-state index in [9.17, 15) is 18.8 Å². The Hall–Kier alpha value is -4.12. The van der Waals surface area contributed by atoms with Gasteiger partial charge in [0.1, 0.15) is 17.3 Å². The van der Waals surface area contributed by atoms with Gasteiger partial charge in [-0.05, 0) is 48.7 Å². The summed E-state index contributed by atoms with van der Waals surface area (Å²) in [6.07, 6.45) is 7.15. The summed E-state index contributed by atoms with van der Waals surface area (Å²) in [5, 5.41) is 2.33. The Labute approximate surface area is 171 Å². The molecule has 0 saturated heterocycles. The second kappa shape index (κ2) is 8.49.